The van der Waals surface area contributed by atoms with Crippen LogP contribution in [0, 0.1) is 0 Å². The minimum atomic E-state index is -1.48. The lowest BCUT2D eigenvalue weighted by Crippen LogP contribution is -2.37. The fourth-order valence-corrected chi connectivity index (χ4v) is 2.25. The van der Waals surface area contributed by atoms with E-state index >= 15 is 0 Å². The Labute approximate surface area is 110 Å². The molecule has 1 aliphatic heterocycles. The number of nitrogens with zero attached hydrogens (tertiary/aromatic N) is 3. The van der Waals surface area contributed by atoms with E-state index in [-0.39, 0.29) is 0 Å². The zero-order valence-electron chi connectivity index (χ0n) is 10.4. The summed E-state index contributed by atoms with van der Waals surface area (Å²) in [7, 11) is -1.48. The van der Waals surface area contributed by atoms with Crippen LogP contribution in [-0.2, 0) is 4.74 Å². The lowest BCUT2D eigenvalue weighted by Gasteiger charge is -2.28. The Hall–Kier alpha value is -1.70. The number of aromatic nitrogens is 2. The van der Waals surface area contributed by atoms with Gasteiger partial charge in [0.05, 0.1) is 18.7 Å². The van der Waals surface area contributed by atoms with Crippen molar-refractivity contribution in [1.82, 2.24) is 9.97 Å². The van der Waals surface area contributed by atoms with Crippen LogP contribution < -0.4 is 10.4 Å². The molecule has 7 heteroatoms. The monoisotopic (exact) mass is 259 g/mol. The molecule has 2 N–H and O–H groups in total. The van der Waals surface area contributed by atoms with Crippen molar-refractivity contribution in [2.45, 2.75) is 0 Å². The second kappa shape index (κ2) is 5.12. The van der Waals surface area contributed by atoms with Crippen LogP contribution >= 0.6 is 0 Å². The Bertz CT molecular complexity index is 587. The number of hydrogen-bond donors (Lipinski definition) is 2. The molecule has 0 atom stereocenters. The molecule has 1 aromatic carbocycles. The van der Waals surface area contributed by atoms with E-state index < -0.39 is 7.12 Å². The predicted octanol–water partition coefficient (Wildman–Crippen LogP) is -0.854. The summed E-state index contributed by atoms with van der Waals surface area (Å²) in [6, 6.07) is 5.18. The summed E-state index contributed by atoms with van der Waals surface area (Å²) < 4.78 is 5.33. The van der Waals surface area contributed by atoms with Gasteiger partial charge in [0.2, 0.25) is 0 Å². The Morgan fingerprint density at radius 3 is 2.68 bits per heavy atom. The summed E-state index contributed by atoms with van der Waals surface area (Å²) in [6.07, 6.45) is 1.50. The standard InChI is InChI=1S/C12H14BN3O3/c17-13(18)9-1-2-10-11(7-9)14-8-15-12(10)16-3-5-19-6-4-16/h1-2,7-8,17-18H,3-6H2. The van der Waals surface area contributed by atoms with Crippen LogP contribution in [-0.4, -0.2) is 53.4 Å². The fourth-order valence-electron chi connectivity index (χ4n) is 2.25. The van der Waals surface area contributed by atoms with Crippen LogP contribution in [0.2, 0.25) is 0 Å². The van der Waals surface area contributed by atoms with Gasteiger partial charge < -0.3 is 19.7 Å². The van der Waals surface area contributed by atoms with Crippen LogP contribution in [0.25, 0.3) is 10.9 Å². The summed E-state index contributed by atoms with van der Waals surface area (Å²) in [4.78, 5) is 10.7. The van der Waals surface area contributed by atoms with Crippen molar-refractivity contribution in [2.24, 2.45) is 0 Å². The van der Waals surface area contributed by atoms with Crippen molar-refractivity contribution < 1.29 is 14.8 Å². The highest BCUT2D eigenvalue weighted by molar-refractivity contribution is 6.58. The first-order chi connectivity index (χ1) is 9.25. The van der Waals surface area contributed by atoms with Crippen LogP contribution in [0.3, 0.4) is 0 Å². The number of anilines is 1. The second-order valence-corrected chi connectivity index (χ2v) is 4.45. The Morgan fingerprint density at radius 2 is 1.95 bits per heavy atom. The third-order valence-corrected chi connectivity index (χ3v) is 3.25. The topological polar surface area (TPSA) is 78.7 Å². The lowest BCUT2D eigenvalue weighted by atomic mass is 9.80. The molecular weight excluding hydrogens is 245 g/mol. The second-order valence-electron chi connectivity index (χ2n) is 4.45. The van der Waals surface area contributed by atoms with Gasteiger partial charge in [-0.3, -0.25) is 0 Å². The SMILES string of the molecule is OB(O)c1ccc2c(N3CCOCC3)ncnc2c1. The average Bonchev–Trinajstić information content (AvgIpc) is 2.47. The van der Waals surface area contributed by atoms with Crippen LogP contribution in [0.15, 0.2) is 24.5 Å². The molecule has 19 heavy (non-hydrogen) atoms. The van der Waals surface area contributed by atoms with Gasteiger partial charge in [-0.1, -0.05) is 6.07 Å². The molecule has 2 aromatic rings. The van der Waals surface area contributed by atoms with Gasteiger partial charge >= 0.3 is 7.12 Å². The fraction of sp³-hybridized carbons (Fsp3) is 0.333. The van der Waals surface area contributed by atoms with Crippen molar-refractivity contribution in [3.63, 3.8) is 0 Å². The molecule has 0 bridgehead atoms. The summed E-state index contributed by atoms with van der Waals surface area (Å²) in [5, 5.41) is 19.3. The van der Waals surface area contributed by atoms with Crippen LogP contribution in [0.4, 0.5) is 5.82 Å². The van der Waals surface area contributed by atoms with Gasteiger partial charge in [-0.05, 0) is 17.6 Å². The summed E-state index contributed by atoms with van der Waals surface area (Å²) in [6.45, 7) is 2.99. The van der Waals surface area contributed by atoms with Gasteiger partial charge in [-0.25, -0.2) is 9.97 Å². The van der Waals surface area contributed by atoms with E-state index in [1.54, 1.807) is 12.1 Å². The first-order valence-corrected chi connectivity index (χ1v) is 6.19. The van der Waals surface area contributed by atoms with Crippen LogP contribution in [0.1, 0.15) is 0 Å². The van der Waals surface area contributed by atoms with Gasteiger partial charge in [0.15, 0.2) is 0 Å². The molecule has 3 rings (SSSR count). The van der Waals surface area contributed by atoms with Crippen molar-refractivity contribution >= 4 is 29.3 Å². The first kappa shape index (κ1) is 12.3. The first-order valence-electron chi connectivity index (χ1n) is 6.19. The number of benzene rings is 1. The number of ether oxygens (including phenoxy) is 1. The molecule has 1 saturated heterocycles. The highest BCUT2D eigenvalue weighted by atomic mass is 16.5. The number of morpholine rings is 1. The summed E-state index contributed by atoms with van der Waals surface area (Å²) in [5.74, 6) is 0.868. The molecule has 0 amide bonds. The smallest absolute Gasteiger partial charge is 0.423 e. The molecule has 0 unspecified atom stereocenters. The third kappa shape index (κ3) is 2.40. The quantitative estimate of drug-likeness (QED) is 0.684. The summed E-state index contributed by atoms with van der Waals surface area (Å²) in [5.41, 5.74) is 1.14. The molecule has 1 fully saturated rings. The van der Waals surface area contributed by atoms with Gasteiger partial charge in [-0.15, -0.1) is 0 Å². The number of fused-ring (bicyclic) bond motifs is 1. The van der Waals surface area contributed by atoms with Gasteiger partial charge in [0.1, 0.15) is 12.1 Å². The normalized spacial score (nSPS) is 15.8. The van der Waals surface area contributed by atoms with Gasteiger partial charge in [0, 0.05) is 18.5 Å². The Morgan fingerprint density at radius 1 is 1.16 bits per heavy atom. The van der Waals surface area contributed by atoms with E-state index in [2.05, 4.69) is 14.9 Å². The predicted molar refractivity (Wildman–Crippen MR) is 72.4 cm³/mol. The average molecular weight is 259 g/mol. The van der Waals surface area contributed by atoms with Crippen molar-refractivity contribution in [1.29, 1.82) is 0 Å². The molecule has 0 radical (unpaired) electrons. The van der Waals surface area contributed by atoms with E-state index in [4.69, 9.17) is 4.74 Å². The zero-order valence-corrected chi connectivity index (χ0v) is 10.4. The minimum absolute atomic E-state index is 0.430. The number of hydrogen-bond acceptors (Lipinski definition) is 6. The molecular formula is C12H14BN3O3. The molecule has 98 valence electrons. The molecule has 1 aromatic heterocycles. The van der Waals surface area contributed by atoms with Crippen molar-refractivity contribution in [3.05, 3.63) is 24.5 Å². The summed E-state index contributed by atoms with van der Waals surface area (Å²) >= 11 is 0. The van der Waals surface area contributed by atoms with Gasteiger partial charge in [-0.2, -0.15) is 0 Å². The molecule has 1 aliphatic rings. The van der Waals surface area contributed by atoms with Gasteiger partial charge in [0.25, 0.3) is 0 Å². The lowest BCUT2D eigenvalue weighted by molar-refractivity contribution is 0.122. The van der Waals surface area contributed by atoms with Crippen molar-refractivity contribution in [3.8, 4) is 0 Å². The number of rotatable bonds is 2. The Kier molecular flexibility index (Phi) is 3.33. The zero-order chi connectivity index (χ0) is 13.2. The maximum atomic E-state index is 9.19. The molecule has 6 nitrogen and oxygen atoms in total. The van der Waals surface area contributed by atoms with E-state index in [1.807, 2.05) is 6.07 Å². The highest BCUT2D eigenvalue weighted by Crippen LogP contribution is 2.22. The minimum Gasteiger partial charge on any atom is -0.423 e. The Balaban J connectivity index is 2.05. The van der Waals surface area contributed by atoms with Crippen LogP contribution in [0.5, 0.6) is 0 Å². The van der Waals surface area contributed by atoms with E-state index in [0.29, 0.717) is 24.2 Å². The van der Waals surface area contributed by atoms with E-state index in [9.17, 15) is 10.0 Å². The van der Waals surface area contributed by atoms with E-state index in [1.165, 1.54) is 6.33 Å². The maximum absolute atomic E-state index is 9.19. The molecule has 2 heterocycles. The molecule has 0 aliphatic carbocycles. The molecule has 0 saturated carbocycles. The van der Waals surface area contributed by atoms with E-state index in [0.717, 1.165) is 24.3 Å². The highest BCUT2D eigenvalue weighted by Gasteiger charge is 2.17. The molecule has 0 spiro atoms. The maximum Gasteiger partial charge on any atom is 0.488 e. The largest absolute Gasteiger partial charge is 0.488 e. The third-order valence-electron chi connectivity index (χ3n) is 3.25. The van der Waals surface area contributed by atoms with Crippen molar-refractivity contribution in [2.75, 3.05) is 31.2 Å².